The molecule has 0 aromatic carbocycles. The molecule has 0 unspecified atom stereocenters. The summed E-state index contributed by atoms with van der Waals surface area (Å²) in [5, 5.41) is 0. The third kappa shape index (κ3) is 2.36. The summed E-state index contributed by atoms with van der Waals surface area (Å²) in [7, 11) is 0. The Balaban J connectivity index is 2.43. The third-order valence-electron chi connectivity index (χ3n) is 2.92. The number of fused-ring (bicyclic) bond motifs is 1. The maximum atomic E-state index is 12.4. The van der Waals surface area contributed by atoms with E-state index in [2.05, 4.69) is 27.8 Å². The fourth-order valence-corrected chi connectivity index (χ4v) is 2.25. The van der Waals surface area contributed by atoms with E-state index >= 15 is 0 Å². The molecule has 1 amide bonds. The zero-order chi connectivity index (χ0) is 13.3. The Kier molecular flexibility index (Phi) is 3.61. The number of rotatable bonds is 3. The Bertz CT molecular complexity index is 474. The number of pyridine rings is 1. The Morgan fingerprint density at radius 1 is 1.44 bits per heavy atom. The summed E-state index contributed by atoms with van der Waals surface area (Å²) in [4.78, 5) is 18.5. The fourth-order valence-electron chi connectivity index (χ4n) is 1.95. The largest absolute Gasteiger partial charge is 0.474 e. The number of hydrogen-bond donors (Lipinski definition) is 0. The maximum absolute atomic E-state index is 12.4. The number of halogens is 1. The number of carbonyl (C=O) groups is 1. The second kappa shape index (κ2) is 4.88. The number of hydrogen-bond acceptors (Lipinski definition) is 3. The summed E-state index contributed by atoms with van der Waals surface area (Å²) in [5.41, 5.74) is -0.823. The van der Waals surface area contributed by atoms with Gasteiger partial charge in [0, 0.05) is 6.54 Å². The minimum Gasteiger partial charge on any atom is -0.474 e. The van der Waals surface area contributed by atoms with Gasteiger partial charge in [0.05, 0.1) is 0 Å². The van der Waals surface area contributed by atoms with Crippen LogP contribution in [-0.2, 0) is 4.79 Å². The van der Waals surface area contributed by atoms with Crippen molar-refractivity contribution in [2.45, 2.75) is 39.2 Å². The second-order valence-electron chi connectivity index (χ2n) is 4.88. The number of anilines is 1. The molecule has 5 heteroatoms. The molecular formula is C13H17BrN2O2. The number of ether oxygens (including phenoxy) is 1. The van der Waals surface area contributed by atoms with Gasteiger partial charge in [0.1, 0.15) is 4.60 Å². The Morgan fingerprint density at radius 2 is 2.17 bits per heavy atom. The molecule has 0 aliphatic carbocycles. The van der Waals surface area contributed by atoms with E-state index < -0.39 is 5.60 Å². The van der Waals surface area contributed by atoms with Crippen molar-refractivity contribution in [3.63, 3.8) is 0 Å². The predicted molar refractivity (Wildman–Crippen MR) is 73.9 cm³/mol. The number of unbranched alkanes of at least 4 members (excludes halogenated alkanes) is 1. The lowest BCUT2D eigenvalue weighted by Gasteiger charge is -2.37. The molecule has 18 heavy (non-hydrogen) atoms. The van der Waals surface area contributed by atoms with Crippen LogP contribution < -0.4 is 9.64 Å². The highest BCUT2D eigenvalue weighted by Gasteiger charge is 2.41. The third-order valence-corrected chi connectivity index (χ3v) is 3.36. The SMILES string of the molecule is CCCCN1C(=O)C(C)(C)Oc2ccc(Br)nc21. The van der Waals surface area contributed by atoms with Gasteiger partial charge in [-0.3, -0.25) is 9.69 Å². The van der Waals surface area contributed by atoms with E-state index in [1.807, 2.05) is 12.1 Å². The van der Waals surface area contributed by atoms with E-state index in [0.717, 1.165) is 12.8 Å². The molecule has 0 radical (unpaired) electrons. The van der Waals surface area contributed by atoms with E-state index in [9.17, 15) is 4.79 Å². The molecule has 1 aromatic rings. The molecule has 4 nitrogen and oxygen atoms in total. The van der Waals surface area contributed by atoms with Gasteiger partial charge >= 0.3 is 0 Å². The lowest BCUT2D eigenvalue weighted by atomic mass is 10.1. The van der Waals surface area contributed by atoms with Crippen LogP contribution in [-0.4, -0.2) is 23.0 Å². The molecule has 1 aliphatic rings. The lowest BCUT2D eigenvalue weighted by Crippen LogP contribution is -2.53. The standard InChI is InChI=1S/C13H17BrN2O2/c1-4-5-8-16-11-9(6-7-10(14)15-11)18-13(2,3)12(16)17/h6-7H,4-5,8H2,1-3H3. The Hall–Kier alpha value is -1.10. The zero-order valence-corrected chi connectivity index (χ0v) is 12.5. The predicted octanol–water partition coefficient (Wildman–Crippen LogP) is 3.15. The average Bonchev–Trinajstić information content (AvgIpc) is 2.31. The summed E-state index contributed by atoms with van der Waals surface area (Å²) in [5.74, 6) is 1.25. The van der Waals surface area contributed by atoms with E-state index in [-0.39, 0.29) is 5.91 Å². The van der Waals surface area contributed by atoms with Gasteiger partial charge in [-0.25, -0.2) is 4.98 Å². The molecule has 0 bridgehead atoms. The van der Waals surface area contributed by atoms with Gasteiger partial charge in [0.15, 0.2) is 17.2 Å². The van der Waals surface area contributed by atoms with Gasteiger partial charge in [-0.2, -0.15) is 0 Å². The first-order chi connectivity index (χ1) is 8.45. The molecule has 0 N–H and O–H groups in total. The van der Waals surface area contributed by atoms with Gasteiger partial charge in [-0.05, 0) is 48.3 Å². The number of nitrogens with zero attached hydrogens (tertiary/aromatic N) is 2. The van der Waals surface area contributed by atoms with E-state index in [1.54, 1.807) is 18.7 Å². The Morgan fingerprint density at radius 3 is 2.83 bits per heavy atom. The Labute approximate surface area is 115 Å². The van der Waals surface area contributed by atoms with Crippen molar-refractivity contribution in [3.05, 3.63) is 16.7 Å². The molecular weight excluding hydrogens is 296 g/mol. The van der Waals surface area contributed by atoms with E-state index in [0.29, 0.717) is 22.7 Å². The number of carbonyl (C=O) groups excluding carboxylic acids is 1. The molecule has 2 heterocycles. The first kappa shape index (κ1) is 13.3. The quantitative estimate of drug-likeness (QED) is 0.805. The summed E-state index contributed by atoms with van der Waals surface area (Å²) < 4.78 is 6.43. The van der Waals surface area contributed by atoms with Crippen LogP contribution in [0.15, 0.2) is 16.7 Å². The average molecular weight is 313 g/mol. The minimum absolute atomic E-state index is 0.0333. The summed E-state index contributed by atoms with van der Waals surface area (Å²) >= 11 is 3.33. The normalized spacial score (nSPS) is 17.3. The van der Waals surface area contributed by atoms with Crippen molar-refractivity contribution in [3.8, 4) is 5.75 Å². The van der Waals surface area contributed by atoms with Crippen LogP contribution in [0.2, 0.25) is 0 Å². The van der Waals surface area contributed by atoms with Gasteiger partial charge in [0.2, 0.25) is 0 Å². The number of amides is 1. The molecule has 0 fully saturated rings. The summed E-state index contributed by atoms with van der Waals surface area (Å²) in [6, 6.07) is 3.67. The van der Waals surface area contributed by atoms with Crippen LogP contribution in [0.5, 0.6) is 5.75 Å². The van der Waals surface area contributed by atoms with Crippen molar-refractivity contribution in [2.24, 2.45) is 0 Å². The van der Waals surface area contributed by atoms with Crippen LogP contribution in [0, 0.1) is 0 Å². The highest BCUT2D eigenvalue weighted by atomic mass is 79.9. The van der Waals surface area contributed by atoms with Gasteiger partial charge < -0.3 is 4.74 Å². The molecule has 2 rings (SSSR count). The first-order valence-corrected chi connectivity index (χ1v) is 6.92. The van der Waals surface area contributed by atoms with Crippen molar-refractivity contribution in [1.29, 1.82) is 0 Å². The monoisotopic (exact) mass is 312 g/mol. The highest BCUT2D eigenvalue weighted by Crippen LogP contribution is 2.37. The lowest BCUT2D eigenvalue weighted by molar-refractivity contribution is -0.132. The van der Waals surface area contributed by atoms with Crippen LogP contribution in [0.3, 0.4) is 0 Å². The molecule has 0 saturated heterocycles. The molecule has 0 saturated carbocycles. The second-order valence-corrected chi connectivity index (χ2v) is 5.69. The van der Waals surface area contributed by atoms with E-state index in [4.69, 9.17) is 4.74 Å². The molecule has 98 valence electrons. The summed E-state index contributed by atoms with van der Waals surface area (Å²) in [6.07, 6.45) is 1.99. The molecule has 0 atom stereocenters. The molecule has 1 aromatic heterocycles. The van der Waals surface area contributed by atoms with Crippen molar-refractivity contribution in [1.82, 2.24) is 4.98 Å². The smallest absolute Gasteiger partial charge is 0.271 e. The topological polar surface area (TPSA) is 42.4 Å². The number of aromatic nitrogens is 1. The van der Waals surface area contributed by atoms with Crippen LogP contribution in [0.4, 0.5) is 5.82 Å². The first-order valence-electron chi connectivity index (χ1n) is 6.13. The van der Waals surface area contributed by atoms with Crippen molar-refractivity contribution >= 4 is 27.7 Å². The maximum Gasteiger partial charge on any atom is 0.271 e. The zero-order valence-electron chi connectivity index (χ0n) is 10.9. The van der Waals surface area contributed by atoms with Gasteiger partial charge in [-0.15, -0.1) is 0 Å². The minimum atomic E-state index is -0.823. The summed E-state index contributed by atoms with van der Waals surface area (Å²) in [6.45, 7) is 6.36. The molecule has 0 spiro atoms. The fraction of sp³-hybridized carbons (Fsp3) is 0.538. The van der Waals surface area contributed by atoms with E-state index in [1.165, 1.54) is 0 Å². The van der Waals surface area contributed by atoms with Gasteiger partial charge in [-0.1, -0.05) is 13.3 Å². The van der Waals surface area contributed by atoms with Crippen LogP contribution in [0.25, 0.3) is 0 Å². The van der Waals surface area contributed by atoms with Crippen LogP contribution in [0.1, 0.15) is 33.6 Å². The highest BCUT2D eigenvalue weighted by molar-refractivity contribution is 9.10. The molecule has 1 aliphatic heterocycles. The van der Waals surface area contributed by atoms with Crippen molar-refractivity contribution < 1.29 is 9.53 Å². The van der Waals surface area contributed by atoms with Crippen LogP contribution >= 0.6 is 15.9 Å². The van der Waals surface area contributed by atoms with Gasteiger partial charge in [0.25, 0.3) is 5.91 Å². The van der Waals surface area contributed by atoms with Crippen molar-refractivity contribution in [2.75, 3.05) is 11.4 Å².